The second kappa shape index (κ2) is 5.23. The van der Waals surface area contributed by atoms with Crippen LogP contribution in [0.5, 0.6) is 0 Å². The first-order chi connectivity index (χ1) is 7.79. The number of ether oxygens (including phenoxy) is 2. The van der Waals surface area contributed by atoms with Crippen molar-refractivity contribution in [3.8, 4) is 0 Å². The van der Waals surface area contributed by atoms with Crippen LogP contribution in [0.25, 0.3) is 0 Å². The number of hydrogen-bond acceptors (Lipinski definition) is 4. The van der Waals surface area contributed by atoms with E-state index in [4.69, 9.17) is 9.47 Å². The van der Waals surface area contributed by atoms with E-state index in [0.717, 1.165) is 12.1 Å². The first-order valence-corrected chi connectivity index (χ1v) is 5.53. The summed E-state index contributed by atoms with van der Waals surface area (Å²) in [5.41, 5.74) is 0.932. The number of aromatic nitrogens is 2. The summed E-state index contributed by atoms with van der Waals surface area (Å²) in [6.07, 6.45) is 3.58. The largest absolute Gasteiger partial charge is 0.376 e. The number of ketones is 1. The van der Waals surface area contributed by atoms with Crippen molar-refractivity contribution in [1.82, 2.24) is 9.78 Å². The van der Waals surface area contributed by atoms with Gasteiger partial charge in [0.25, 0.3) is 0 Å². The van der Waals surface area contributed by atoms with Crippen LogP contribution in [-0.2, 0) is 27.2 Å². The van der Waals surface area contributed by atoms with Gasteiger partial charge in [0.1, 0.15) is 6.10 Å². The Hall–Kier alpha value is -1.20. The Morgan fingerprint density at radius 1 is 1.62 bits per heavy atom. The number of carbonyl (C=O) groups excluding carboxylic acids is 1. The minimum atomic E-state index is -0.404. The molecule has 0 N–H and O–H groups in total. The summed E-state index contributed by atoms with van der Waals surface area (Å²) in [6, 6.07) is 0. The fraction of sp³-hybridized carbons (Fsp3) is 0.636. The van der Waals surface area contributed by atoms with E-state index in [-0.39, 0.29) is 5.78 Å². The molecular weight excluding hydrogens is 208 g/mol. The number of rotatable bonds is 4. The molecule has 1 unspecified atom stereocenters. The third kappa shape index (κ3) is 2.68. The number of Topliss-reactive ketones (excluding diaryl/α,β-unsaturated/α-hetero) is 1. The summed E-state index contributed by atoms with van der Waals surface area (Å²) in [5, 5.41) is 4.13. The van der Waals surface area contributed by atoms with Crippen molar-refractivity contribution in [2.45, 2.75) is 26.0 Å². The van der Waals surface area contributed by atoms with Gasteiger partial charge in [-0.1, -0.05) is 0 Å². The molecule has 0 radical (unpaired) electrons. The van der Waals surface area contributed by atoms with Gasteiger partial charge in [0.05, 0.1) is 26.0 Å². The molecule has 1 aliphatic heterocycles. The van der Waals surface area contributed by atoms with Crippen molar-refractivity contribution < 1.29 is 14.3 Å². The normalized spacial score (nSPS) is 20.9. The van der Waals surface area contributed by atoms with Gasteiger partial charge in [-0.25, -0.2) is 0 Å². The second-order valence-corrected chi connectivity index (χ2v) is 3.78. The van der Waals surface area contributed by atoms with Gasteiger partial charge in [0.2, 0.25) is 0 Å². The molecule has 1 aliphatic rings. The lowest BCUT2D eigenvalue weighted by molar-refractivity contribution is -0.144. The average molecular weight is 224 g/mol. The van der Waals surface area contributed by atoms with E-state index in [1.54, 1.807) is 10.9 Å². The van der Waals surface area contributed by atoms with Crippen LogP contribution in [0.2, 0.25) is 0 Å². The van der Waals surface area contributed by atoms with Gasteiger partial charge in [-0.2, -0.15) is 5.10 Å². The van der Waals surface area contributed by atoms with Crippen molar-refractivity contribution in [2.75, 3.05) is 19.8 Å². The maximum Gasteiger partial charge on any atom is 0.168 e. The number of aryl methyl sites for hydroxylation is 1. The van der Waals surface area contributed by atoms with Crippen LogP contribution in [0.15, 0.2) is 12.4 Å². The van der Waals surface area contributed by atoms with Gasteiger partial charge < -0.3 is 9.47 Å². The third-order valence-corrected chi connectivity index (χ3v) is 2.56. The SMILES string of the molecule is CCn1cc(CC(=O)C2COCCO2)cn1. The van der Waals surface area contributed by atoms with E-state index in [2.05, 4.69) is 5.10 Å². The molecule has 0 amide bonds. The summed E-state index contributed by atoms with van der Waals surface area (Å²) in [6.45, 7) is 4.29. The minimum Gasteiger partial charge on any atom is -0.376 e. The Labute approximate surface area is 94.3 Å². The summed E-state index contributed by atoms with van der Waals surface area (Å²) in [7, 11) is 0. The van der Waals surface area contributed by atoms with Crippen LogP contribution in [0.4, 0.5) is 0 Å². The van der Waals surface area contributed by atoms with Crippen molar-refractivity contribution >= 4 is 5.78 Å². The molecule has 0 bridgehead atoms. The standard InChI is InChI=1S/C11H16N2O3/c1-2-13-7-9(6-12-13)5-10(14)11-8-15-3-4-16-11/h6-7,11H,2-5,8H2,1H3. The second-order valence-electron chi connectivity index (χ2n) is 3.78. The lowest BCUT2D eigenvalue weighted by atomic mass is 10.1. The Balaban J connectivity index is 1.90. The molecule has 1 atom stereocenters. The van der Waals surface area contributed by atoms with Crippen LogP contribution in [0.3, 0.4) is 0 Å². The predicted molar refractivity (Wildman–Crippen MR) is 57.2 cm³/mol. The Kier molecular flexibility index (Phi) is 3.69. The highest BCUT2D eigenvalue weighted by Crippen LogP contribution is 2.07. The molecule has 1 aromatic rings. The quantitative estimate of drug-likeness (QED) is 0.744. The monoisotopic (exact) mass is 224 g/mol. The van der Waals surface area contributed by atoms with Crippen molar-refractivity contribution in [3.05, 3.63) is 18.0 Å². The Morgan fingerprint density at radius 2 is 2.50 bits per heavy atom. The van der Waals surface area contributed by atoms with Crippen LogP contribution < -0.4 is 0 Å². The van der Waals surface area contributed by atoms with Crippen LogP contribution in [-0.4, -0.2) is 41.5 Å². The smallest absolute Gasteiger partial charge is 0.168 e. The number of hydrogen-bond donors (Lipinski definition) is 0. The van der Waals surface area contributed by atoms with E-state index in [1.807, 2.05) is 13.1 Å². The lowest BCUT2D eigenvalue weighted by Crippen LogP contribution is -2.36. The van der Waals surface area contributed by atoms with Crippen LogP contribution >= 0.6 is 0 Å². The van der Waals surface area contributed by atoms with Gasteiger partial charge >= 0.3 is 0 Å². The number of nitrogens with zero attached hydrogens (tertiary/aromatic N) is 2. The maximum atomic E-state index is 11.8. The highest BCUT2D eigenvalue weighted by molar-refractivity contribution is 5.85. The number of carbonyl (C=O) groups is 1. The molecule has 0 aliphatic carbocycles. The van der Waals surface area contributed by atoms with Crippen LogP contribution in [0, 0.1) is 0 Å². The van der Waals surface area contributed by atoms with E-state index in [9.17, 15) is 4.79 Å². The molecule has 2 rings (SSSR count). The molecule has 0 aromatic carbocycles. The van der Waals surface area contributed by atoms with Gasteiger partial charge in [-0.3, -0.25) is 9.48 Å². The zero-order valence-corrected chi connectivity index (χ0v) is 9.39. The molecule has 2 heterocycles. The van der Waals surface area contributed by atoms with E-state index in [1.165, 1.54) is 0 Å². The first-order valence-electron chi connectivity index (χ1n) is 5.53. The highest BCUT2D eigenvalue weighted by Gasteiger charge is 2.22. The molecule has 16 heavy (non-hydrogen) atoms. The third-order valence-electron chi connectivity index (χ3n) is 2.56. The van der Waals surface area contributed by atoms with Gasteiger partial charge in [0.15, 0.2) is 5.78 Å². The molecule has 88 valence electrons. The summed E-state index contributed by atoms with van der Waals surface area (Å²) >= 11 is 0. The molecule has 1 saturated heterocycles. The fourth-order valence-corrected chi connectivity index (χ4v) is 1.66. The summed E-state index contributed by atoms with van der Waals surface area (Å²) in [4.78, 5) is 11.8. The van der Waals surface area contributed by atoms with Crippen molar-refractivity contribution in [1.29, 1.82) is 0 Å². The van der Waals surface area contributed by atoms with Crippen molar-refractivity contribution in [2.24, 2.45) is 0 Å². The van der Waals surface area contributed by atoms with Gasteiger partial charge in [0, 0.05) is 19.2 Å². The zero-order chi connectivity index (χ0) is 11.4. The maximum absolute atomic E-state index is 11.8. The molecule has 1 fully saturated rings. The first kappa shape index (κ1) is 11.3. The molecule has 0 spiro atoms. The van der Waals surface area contributed by atoms with E-state index >= 15 is 0 Å². The van der Waals surface area contributed by atoms with E-state index < -0.39 is 6.10 Å². The lowest BCUT2D eigenvalue weighted by Gasteiger charge is -2.21. The van der Waals surface area contributed by atoms with Gasteiger partial charge in [-0.15, -0.1) is 0 Å². The van der Waals surface area contributed by atoms with E-state index in [0.29, 0.717) is 26.2 Å². The Morgan fingerprint density at radius 3 is 3.12 bits per heavy atom. The molecule has 0 saturated carbocycles. The molecule has 5 heteroatoms. The summed E-state index contributed by atoms with van der Waals surface area (Å²) in [5.74, 6) is 0.0651. The van der Waals surface area contributed by atoms with Gasteiger partial charge in [-0.05, 0) is 12.5 Å². The highest BCUT2D eigenvalue weighted by atomic mass is 16.6. The zero-order valence-electron chi connectivity index (χ0n) is 9.39. The molecule has 1 aromatic heterocycles. The molecule has 5 nitrogen and oxygen atoms in total. The molecular formula is C11H16N2O3. The summed E-state index contributed by atoms with van der Waals surface area (Å²) < 4.78 is 12.4. The topological polar surface area (TPSA) is 53.4 Å². The van der Waals surface area contributed by atoms with Crippen LogP contribution in [0.1, 0.15) is 12.5 Å². The Bertz CT molecular complexity index is 356. The fourth-order valence-electron chi connectivity index (χ4n) is 1.66. The average Bonchev–Trinajstić information content (AvgIpc) is 2.78. The van der Waals surface area contributed by atoms with Crippen molar-refractivity contribution in [3.63, 3.8) is 0 Å². The predicted octanol–water partition coefficient (Wildman–Crippen LogP) is 0.430. The minimum absolute atomic E-state index is 0.0651.